The largest absolute Gasteiger partial charge is 0.407 e. The molecule has 1 heterocycles. The summed E-state index contributed by atoms with van der Waals surface area (Å²) < 4.78 is 7.12. The van der Waals surface area contributed by atoms with Gasteiger partial charge >= 0.3 is 5.97 Å². The summed E-state index contributed by atoms with van der Waals surface area (Å²) in [7, 11) is 0. The number of rotatable bonds is 3. The van der Waals surface area contributed by atoms with Crippen LogP contribution in [0.3, 0.4) is 0 Å². The molecule has 2 aromatic rings. The number of hydrogen-bond donors (Lipinski definition) is 0. The van der Waals surface area contributed by atoms with Gasteiger partial charge in [-0.3, -0.25) is 4.79 Å². The molecule has 1 aromatic carbocycles. The van der Waals surface area contributed by atoms with E-state index in [9.17, 15) is 4.79 Å². The topological polar surface area (TPSA) is 44.1 Å². The molecule has 1 aromatic heterocycles. The van der Waals surface area contributed by atoms with E-state index in [0.717, 1.165) is 16.9 Å². The maximum Gasteiger partial charge on any atom is 0.312 e. The molecule has 4 heteroatoms. The highest BCUT2D eigenvalue weighted by atomic mass is 16.5. The van der Waals surface area contributed by atoms with E-state index in [1.807, 2.05) is 37.3 Å². The Kier molecular flexibility index (Phi) is 4.16. The first-order chi connectivity index (χ1) is 9.81. The van der Waals surface area contributed by atoms with Crippen LogP contribution < -0.4 is 4.74 Å². The third kappa shape index (κ3) is 3.51. The van der Waals surface area contributed by atoms with Gasteiger partial charge in [0.1, 0.15) is 0 Å². The fraction of sp³-hybridized carbons (Fsp3) is 0.412. The van der Waals surface area contributed by atoms with Crippen LogP contribution in [0.4, 0.5) is 0 Å². The predicted octanol–water partition coefficient (Wildman–Crippen LogP) is 3.79. The van der Waals surface area contributed by atoms with Crippen molar-refractivity contribution in [2.45, 2.75) is 46.5 Å². The molecule has 2 rings (SSSR count). The second-order valence-electron chi connectivity index (χ2n) is 6.20. The Labute approximate surface area is 125 Å². The summed E-state index contributed by atoms with van der Waals surface area (Å²) in [5, 5.41) is 4.62. The summed E-state index contributed by atoms with van der Waals surface area (Å²) >= 11 is 0. The molecule has 0 bridgehead atoms. The molecule has 0 saturated heterocycles. The van der Waals surface area contributed by atoms with Crippen LogP contribution in [0.1, 0.15) is 45.4 Å². The van der Waals surface area contributed by atoms with Crippen molar-refractivity contribution >= 4 is 5.97 Å². The number of nitrogens with zero attached hydrogens (tertiary/aromatic N) is 2. The Bertz CT molecular complexity index is 651. The number of aromatic nitrogens is 2. The summed E-state index contributed by atoms with van der Waals surface area (Å²) in [6.45, 7) is 10.1. The molecule has 0 aliphatic carbocycles. The van der Waals surface area contributed by atoms with Gasteiger partial charge in [-0.05, 0) is 24.6 Å². The van der Waals surface area contributed by atoms with E-state index < -0.39 is 0 Å². The number of benzene rings is 1. The number of hydrogen-bond acceptors (Lipinski definition) is 3. The second-order valence-corrected chi connectivity index (χ2v) is 6.20. The Hall–Kier alpha value is -2.10. The number of carbonyl (C=O) groups excluding carboxylic acids is 1. The van der Waals surface area contributed by atoms with Gasteiger partial charge in [0.15, 0.2) is 0 Å². The summed E-state index contributed by atoms with van der Waals surface area (Å²) in [5.74, 6) is 0.210. The molecule has 21 heavy (non-hydrogen) atoms. The van der Waals surface area contributed by atoms with Crippen molar-refractivity contribution in [3.05, 3.63) is 41.6 Å². The third-order valence-electron chi connectivity index (χ3n) is 3.20. The van der Waals surface area contributed by atoms with Crippen LogP contribution in [0.2, 0.25) is 0 Å². The molecule has 0 saturated carbocycles. The lowest BCUT2D eigenvalue weighted by atomic mass is 9.93. The molecular formula is C17H22N2O2. The van der Waals surface area contributed by atoms with Gasteiger partial charge in [-0.1, -0.05) is 39.8 Å². The molecule has 0 amide bonds. The molecule has 0 atom stereocenters. The maximum atomic E-state index is 11.6. The molecule has 0 fully saturated rings. The average Bonchev–Trinajstić information content (AvgIpc) is 2.82. The van der Waals surface area contributed by atoms with E-state index in [1.54, 1.807) is 11.6 Å². The Morgan fingerprint density at radius 1 is 1.29 bits per heavy atom. The van der Waals surface area contributed by atoms with Crippen molar-refractivity contribution in [3.63, 3.8) is 0 Å². The van der Waals surface area contributed by atoms with Crippen LogP contribution >= 0.6 is 0 Å². The first-order valence-corrected chi connectivity index (χ1v) is 7.19. The summed E-state index contributed by atoms with van der Waals surface area (Å²) in [6.07, 6.45) is 0.337. The zero-order valence-electron chi connectivity index (χ0n) is 13.3. The number of carbonyl (C=O) groups is 1. The summed E-state index contributed by atoms with van der Waals surface area (Å²) in [5.41, 5.74) is 2.81. The lowest BCUT2D eigenvalue weighted by Gasteiger charge is -2.14. The molecule has 0 aliphatic rings. The van der Waals surface area contributed by atoms with E-state index >= 15 is 0 Å². The predicted molar refractivity (Wildman–Crippen MR) is 82.9 cm³/mol. The van der Waals surface area contributed by atoms with Crippen LogP contribution in [0.15, 0.2) is 30.3 Å². The SMILES string of the molecule is CCC(=O)Oc1cc(C(C)(C)C)nn1-c1cccc(C)c1. The molecule has 0 spiro atoms. The highest BCUT2D eigenvalue weighted by Crippen LogP contribution is 2.28. The Balaban J connectivity index is 2.51. The van der Waals surface area contributed by atoms with E-state index in [-0.39, 0.29) is 11.4 Å². The minimum atomic E-state index is -0.260. The summed E-state index contributed by atoms with van der Waals surface area (Å²) in [4.78, 5) is 11.6. The van der Waals surface area contributed by atoms with Crippen LogP contribution in [-0.2, 0) is 10.2 Å². The van der Waals surface area contributed by atoms with E-state index in [4.69, 9.17) is 4.74 Å². The molecule has 4 nitrogen and oxygen atoms in total. The molecule has 112 valence electrons. The van der Waals surface area contributed by atoms with E-state index in [0.29, 0.717) is 12.3 Å². The average molecular weight is 286 g/mol. The van der Waals surface area contributed by atoms with Crippen molar-refractivity contribution in [3.8, 4) is 11.6 Å². The fourth-order valence-electron chi connectivity index (χ4n) is 1.94. The van der Waals surface area contributed by atoms with E-state index in [1.165, 1.54) is 0 Å². The highest BCUT2D eigenvalue weighted by molar-refractivity contribution is 5.71. The second kappa shape index (κ2) is 5.72. The van der Waals surface area contributed by atoms with Gasteiger partial charge in [0, 0.05) is 17.9 Å². The standard InChI is InChI=1S/C17H22N2O2/c1-6-16(20)21-15-11-14(17(3,4)5)18-19(15)13-9-7-8-12(2)10-13/h7-11H,6H2,1-5H3. The van der Waals surface area contributed by atoms with Gasteiger partial charge in [0.2, 0.25) is 5.88 Å². The van der Waals surface area contributed by atoms with Crippen molar-refractivity contribution in [2.24, 2.45) is 0 Å². The fourth-order valence-corrected chi connectivity index (χ4v) is 1.94. The van der Waals surface area contributed by atoms with E-state index in [2.05, 4.69) is 25.9 Å². The van der Waals surface area contributed by atoms with Gasteiger partial charge in [0.25, 0.3) is 0 Å². The minimum absolute atomic E-state index is 0.109. The van der Waals surface area contributed by atoms with Crippen molar-refractivity contribution < 1.29 is 9.53 Å². The smallest absolute Gasteiger partial charge is 0.312 e. The number of esters is 1. The zero-order valence-corrected chi connectivity index (χ0v) is 13.3. The summed E-state index contributed by atoms with van der Waals surface area (Å²) in [6, 6.07) is 9.80. The monoisotopic (exact) mass is 286 g/mol. The van der Waals surface area contributed by atoms with Gasteiger partial charge in [-0.25, -0.2) is 4.68 Å². The molecule has 0 unspecified atom stereocenters. The van der Waals surface area contributed by atoms with Crippen LogP contribution in [0, 0.1) is 6.92 Å². The molecule has 0 radical (unpaired) electrons. The first-order valence-electron chi connectivity index (χ1n) is 7.19. The molecule has 0 aliphatic heterocycles. The normalized spacial score (nSPS) is 11.5. The molecule has 0 N–H and O–H groups in total. The Morgan fingerprint density at radius 2 is 2.00 bits per heavy atom. The van der Waals surface area contributed by atoms with Crippen LogP contribution in [-0.4, -0.2) is 15.7 Å². The van der Waals surface area contributed by atoms with Crippen molar-refractivity contribution in [1.29, 1.82) is 0 Å². The van der Waals surface area contributed by atoms with Gasteiger partial charge in [-0.2, -0.15) is 5.10 Å². The van der Waals surface area contributed by atoms with Crippen LogP contribution in [0.25, 0.3) is 5.69 Å². The highest BCUT2D eigenvalue weighted by Gasteiger charge is 2.22. The zero-order chi connectivity index (χ0) is 15.6. The van der Waals surface area contributed by atoms with Gasteiger partial charge in [-0.15, -0.1) is 0 Å². The van der Waals surface area contributed by atoms with Gasteiger partial charge in [0.05, 0.1) is 11.4 Å². The van der Waals surface area contributed by atoms with Crippen molar-refractivity contribution in [2.75, 3.05) is 0 Å². The minimum Gasteiger partial charge on any atom is -0.407 e. The number of ether oxygens (including phenoxy) is 1. The lowest BCUT2D eigenvalue weighted by molar-refractivity contribution is -0.134. The third-order valence-corrected chi connectivity index (χ3v) is 3.20. The van der Waals surface area contributed by atoms with Crippen LogP contribution in [0.5, 0.6) is 5.88 Å². The first kappa shape index (κ1) is 15.3. The maximum absolute atomic E-state index is 11.6. The van der Waals surface area contributed by atoms with Gasteiger partial charge < -0.3 is 4.74 Å². The Morgan fingerprint density at radius 3 is 2.57 bits per heavy atom. The molecular weight excluding hydrogens is 264 g/mol. The van der Waals surface area contributed by atoms with Crippen molar-refractivity contribution in [1.82, 2.24) is 9.78 Å². The lowest BCUT2D eigenvalue weighted by Crippen LogP contribution is -2.12. The number of aryl methyl sites for hydroxylation is 1. The quantitative estimate of drug-likeness (QED) is 0.806.